The van der Waals surface area contributed by atoms with Crippen molar-refractivity contribution in [3.05, 3.63) is 12.4 Å². The SMILES string of the molecule is CN(C)c1ncc(OB(O)O)cn1.Cl. The Morgan fingerprint density at radius 1 is 1.29 bits per heavy atom. The fourth-order valence-corrected chi connectivity index (χ4v) is 0.723. The second-order valence-corrected chi connectivity index (χ2v) is 2.56. The zero-order valence-electron chi connectivity index (χ0n) is 7.78. The van der Waals surface area contributed by atoms with E-state index in [9.17, 15) is 0 Å². The van der Waals surface area contributed by atoms with Gasteiger partial charge in [-0.1, -0.05) is 0 Å². The fraction of sp³-hybridized carbons (Fsp3) is 0.333. The molecule has 0 saturated carbocycles. The van der Waals surface area contributed by atoms with Crippen molar-refractivity contribution < 1.29 is 14.7 Å². The van der Waals surface area contributed by atoms with E-state index in [4.69, 9.17) is 10.0 Å². The Balaban J connectivity index is 0.00000169. The van der Waals surface area contributed by atoms with Crippen molar-refractivity contribution in [3.8, 4) is 5.75 Å². The lowest BCUT2D eigenvalue weighted by Crippen LogP contribution is -2.21. The maximum absolute atomic E-state index is 8.45. The van der Waals surface area contributed by atoms with Gasteiger partial charge in [-0.2, -0.15) is 0 Å². The largest absolute Gasteiger partial charge is 0.707 e. The predicted molar refractivity (Wildman–Crippen MR) is 54.4 cm³/mol. The molecule has 1 rings (SSSR count). The third-order valence-electron chi connectivity index (χ3n) is 1.26. The van der Waals surface area contributed by atoms with Gasteiger partial charge in [0.2, 0.25) is 5.95 Å². The summed E-state index contributed by atoms with van der Waals surface area (Å²) in [5.74, 6) is 0.736. The van der Waals surface area contributed by atoms with Crippen molar-refractivity contribution in [2.24, 2.45) is 0 Å². The van der Waals surface area contributed by atoms with Crippen molar-refractivity contribution in [1.82, 2.24) is 9.97 Å². The lowest BCUT2D eigenvalue weighted by Gasteiger charge is -2.09. The van der Waals surface area contributed by atoms with Crippen LogP contribution in [0.3, 0.4) is 0 Å². The number of aromatic nitrogens is 2. The van der Waals surface area contributed by atoms with E-state index in [1.54, 1.807) is 19.0 Å². The van der Waals surface area contributed by atoms with Crippen LogP contribution >= 0.6 is 12.4 Å². The van der Waals surface area contributed by atoms with Gasteiger partial charge >= 0.3 is 7.32 Å². The average molecular weight is 219 g/mol. The first kappa shape index (κ1) is 13.0. The van der Waals surface area contributed by atoms with Gasteiger partial charge in [0, 0.05) is 14.1 Å². The van der Waals surface area contributed by atoms with E-state index in [2.05, 4.69) is 14.6 Å². The van der Waals surface area contributed by atoms with Crippen molar-refractivity contribution in [3.63, 3.8) is 0 Å². The Hall–Kier alpha value is -1.05. The molecule has 0 radical (unpaired) electrons. The molecule has 0 aromatic carbocycles. The minimum atomic E-state index is -1.84. The maximum atomic E-state index is 8.45. The molecule has 1 heterocycles. The number of nitrogens with zero attached hydrogens (tertiary/aromatic N) is 3. The third-order valence-corrected chi connectivity index (χ3v) is 1.26. The summed E-state index contributed by atoms with van der Waals surface area (Å²) in [6, 6.07) is 0. The van der Waals surface area contributed by atoms with Crippen LogP contribution in [-0.2, 0) is 0 Å². The number of hydrogen-bond acceptors (Lipinski definition) is 6. The quantitative estimate of drug-likeness (QED) is 0.656. The maximum Gasteiger partial charge on any atom is 0.707 e. The number of halogens is 1. The standard InChI is InChI=1S/C6H10BN3O3.ClH/c1-10(2)6-8-3-5(4-9-6)13-7(11)12;/h3-4,11-12H,1-2H3;1H. The molecule has 1 aromatic rings. The first-order valence-electron chi connectivity index (χ1n) is 3.62. The molecule has 0 atom stereocenters. The van der Waals surface area contributed by atoms with Crippen LogP contribution in [0, 0.1) is 0 Å². The van der Waals surface area contributed by atoms with Gasteiger partial charge in [0.25, 0.3) is 0 Å². The first-order valence-corrected chi connectivity index (χ1v) is 3.62. The van der Waals surface area contributed by atoms with Crippen molar-refractivity contribution in [2.75, 3.05) is 19.0 Å². The van der Waals surface area contributed by atoms with Crippen LogP contribution in [0.5, 0.6) is 5.75 Å². The monoisotopic (exact) mass is 219 g/mol. The highest BCUT2D eigenvalue weighted by molar-refractivity contribution is 6.33. The highest BCUT2D eigenvalue weighted by Crippen LogP contribution is 2.09. The summed E-state index contributed by atoms with van der Waals surface area (Å²) in [4.78, 5) is 9.52. The highest BCUT2D eigenvalue weighted by Gasteiger charge is 2.11. The molecule has 2 N–H and O–H groups in total. The normalized spacial score (nSPS) is 8.86. The Morgan fingerprint density at radius 2 is 1.79 bits per heavy atom. The molecular formula is C6H11BClN3O3. The fourth-order valence-electron chi connectivity index (χ4n) is 0.723. The molecule has 1 aromatic heterocycles. The van der Waals surface area contributed by atoms with Gasteiger partial charge < -0.3 is 19.6 Å². The molecule has 0 spiro atoms. The highest BCUT2D eigenvalue weighted by atomic mass is 35.5. The minimum Gasteiger partial charge on any atom is -0.509 e. The van der Waals surface area contributed by atoms with Crippen molar-refractivity contribution in [2.45, 2.75) is 0 Å². The van der Waals surface area contributed by atoms with Gasteiger partial charge in [-0.05, 0) is 0 Å². The summed E-state index contributed by atoms with van der Waals surface area (Å²) in [5.41, 5.74) is 0. The summed E-state index contributed by atoms with van der Waals surface area (Å²) in [6.45, 7) is 0. The lowest BCUT2D eigenvalue weighted by atomic mass is 10.2. The van der Waals surface area contributed by atoms with E-state index < -0.39 is 7.32 Å². The van der Waals surface area contributed by atoms with Gasteiger partial charge in [-0.25, -0.2) is 9.97 Å². The van der Waals surface area contributed by atoms with Gasteiger partial charge in [0.05, 0.1) is 12.4 Å². The number of rotatable bonds is 3. The molecule has 0 fully saturated rings. The van der Waals surface area contributed by atoms with E-state index >= 15 is 0 Å². The molecule has 0 aliphatic heterocycles. The van der Waals surface area contributed by atoms with Gasteiger partial charge in [-0.3, -0.25) is 0 Å². The third kappa shape index (κ3) is 3.78. The summed E-state index contributed by atoms with van der Waals surface area (Å²) >= 11 is 0. The Bertz CT molecular complexity index is 270. The minimum absolute atomic E-state index is 0. The van der Waals surface area contributed by atoms with Crippen LogP contribution in [0.1, 0.15) is 0 Å². The Morgan fingerprint density at radius 3 is 2.14 bits per heavy atom. The summed E-state index contributed by atoms with van der Waals surface area (Å²) < 4.78 is 4.52. The molecule has 0 unspecified atom stereocenters. The van der Waals surface area contributed by atoms with Crippen LogP contribution in [0.25, 0.3) is 0 Å². The van der Waals surface area contributed by atoms with Crippen molar-refractivity contribution in [1.29, 1.82) is 0 Å². The van der Waals surface area contributed by atoms with Crippen molar-refractivity contribution >= 4 is 25.7 Å². The van der Waals surface area contributed by atoms with E-state index in [1.807, 2.05) is 0 Å². The van der Waals surface area contributed by atoms with E-state index in [0.29, 0.717) is 5.95 Å². The molecular weight excluding hydrogens is 208 g/mol. The lowest BCUT2D eigenvalue weighted by molar-refractivity contribution is 0.287. The van der Waals surface area contributed by atoms with Crippen LogP contribution < -0.4 is 9.55 Å². The van der Waals surface area contributed by atoms with Crippen LogP contribution in [0.2, 0.25) is 0 Å². The molecule has 6 nitrogen and oxygen atoms in total. The molecule has 0 saturated heterocycles. The summed E-state index contributed by atoms with van der Waals surface area (Å²) in [6.07, 6.45) is 2.73. The zero-order valence-corrected chi connectivity index (χ0v) is 8.60. The number of anilines is 1. The molecule has 8 heteroatoms. The topological polar surface area (TPSA) is 78.7 Å². The van der Waals surface area contributed by atoms with Crippen LogP contribution in [0.4, 0.5) is 5.95 Å². The molecule has 0 aliphatic rings. The second-order valence-electron chi connectivity index (χ2n) is 2.56. The molecule has 14 heavy (non-hydrogen) atoms. The molecule has 78 valence electrons. The summed E-state index contributed by atoms with van der Waals surface area (Å²) in [5, 5.41) is 16.9. The van der Waals surface area contributed by atoms with E-state index in [-0.39, 0.29) is 18.2 Å². The molecule has 0 amide bonds. The van der Waals surface area contributed by atoms with Gasteiger partial charge in [0.1, 0.15) is 5.75 Å². The van der Waals surface area contributed by atoms with Gasteiger partial charge in [-0.15, -0.1) is 12.4 Å². The first-order chi connectivity index (χ1) is 6.09. The zero-order chi connectivity index (χ0) is 9.84. The van der Waals surface area contributed by atoms with Crippen LogP contribution in [0.15, 0.2) is 12.4 Å². The van der Waals surface area contributed by atoms with E-state index in [1.165, 1.54) is 12.4 Å². The van der Waals surface area contributed by atoms with Gasteiger partial charge in [0.15, 0.2) is 0 Å². The Kier molecular flexibility index (Phi) is 5.22. The van der Waals surface area contributed by atoms with E-state index in [0.717, 1.165) is 0 Å². The number of hydrogen-bond donors (Lipinski definition) is 2. The predicted octanol–water partition coefficient (Wildman–Crippen LogP) is -0.687. The average Bonchev–Trinajstić information content (AvgIpc) is 2.04. The summed E-state index contributed by atoms with van der Waals surface area (Å²) in [7, 11) is 1.77. The van der Waals surface area contributed by atoms with Crippen LogP contribution in [-0.4, -0.2) is 41.4 Å². The smallest absolute Gasteiger partial charge is 0.509 e. The molecule has 0 aliphatic carbocycles. The second kappa shape index (κ2) is 5.64. The Labute approximate surface area is 88.1 Å². The molecule has 0 bridgehead atoms.